The minimum atomic E-state index is 0.978. The van der Waals surface area contributed by atoms with Crippen LogP contribution in [-0.4, -0.2) is 22.6 Å². The predicted molar refractivity (Wildman–Crippen MR) is 59.1 cm³/mol. The molecule has 0 saturated heterocycles. The van der Waals surface area contributed by atoms with Crippen molar-refractivity contribution in [2.24, 2.45) is 0 Å². The highest BCUT2D eigenvalue weighted by Crippen LogP contribution is 1.89. The average molecular weight is 193 g/mol. The summed E-state index contributed by atoms with van der Waals surface area (Å²) in [5.74, 6) is 0. The van der Waals surface area contributed by atoms with E-state index in [1.807, 2.05) is 18.7 Å². The van der Waals surface area contributed by atoms with Crippen LogP contribution in [0.15, 0.2) is 30.4 Å². The maximum absolute atomic E-state index is 3.99. The standard InChI is InChI=1S/C11H19N3/c1-11(2)4-6-12-5-3-8-14-9-7-13-10-14/h4,7,9-10,12H,3,5-6,8H2,1-2H3. The number of aromatic nitrogens is 2. The largest absolute Gasteiger partial charge is 0.337 e. The van der Waals surface area contributed by atoms with Gasteiger partial charge in [-0.3, -0.25) is 0 Å². The average Bonchev–Trinajstić information content (AvgIpc) is 2.63. The molecule has 1 aromatic rings. The summed E-state index contributed by atoms with van der Waals surface area (Å²) in [4.78, 5) is 3.99. The zero-order valence-electron chi connectivity index (χ0n) is 9.03. The molecule has 0 unspecified atom stereocenters. The zero-order valence-corrected chi connectivity index (χ0v) is 9.03. The molecule has 0 aliphatic rings. The van der Waals surface area contributed by atoms with E-state index in [-0.39, 0.29) is 0 Å². The molecular formula is C11H19N3. The lowest BCUT2D eigenvalue weighted by atomic mass is 10.3. The number of rotatable bonds is 6. The van der Waals surface area contributed by atoms with Gasteiger partial charge in [0.2, 0.25) is 0 Å². The second kappa shape index (κ2) is 6.38. The summed E-state index contributed by atoms with van der Waals surface area (Å²) in [6, 6.07) is 0. The van der Waals surface area contributed by atoms with E-state index in [1.54, 1.807) is 0 Å². The molecule has 0 amide bonds. The molecule has 1 aromatic heterocycles. The Hall–Kier alpha value is -1.09. The number of imidazole rings is 1. The molecule has 1 heterocycles. The zero-order chi connectivity index (χ0) is 10.2. The first-order valence-corrected chi connectivity index (χ1v) is 5.09. The Morgan fingerprint density at radius 3 is 3.00 bits per heavy atom. The van der Waals surface area contributed by atoms with Gasteiger partial charge in [-0.25, -0.2) is 4.98 Å². The summed E-state index contributed by atoms with van der Waals surface area (Å²) in [7, 11) is 0. The number of nitrogens with zero attached hydrogens (tertiary/aromatic N) is 2. The highest BCUT2D eigenvalue weighted by atomic mass is 15.0. The van der Waals surface area contributed by atoms with Gasteiger partial charge >= 0.3 is 0 Å². The van der Waals surface area contributed by atoms with E-state index in [4.69, 9.17) is 0 Å². The smallest absolute Gasteiger partial charge is 0.0945 e. The van der Waals surface area contributed by atoms with Crippen molar-refractivity contribution >= 4 is 0 Å². The molecule has 0 aliphatic heterocycles. The maximum atomic E-state index is 3.99. The summed E-state index contributed by atoms with van der Waals surface area (Å²) in [5, 5.41) is 3.37. The van der Waals surface area contributed by atoms with Crippen molar-refractivity contribution in [1.82, 2.24) is 14.9 Å². The Balaban J connectivity index is 1.98. The highest BCUT2D eigenvalue weighted by molar-refractivity contribution is 4.94. The molecule has 0 bridgehead atoms. The molecule has 0 aromatic carbocycles. The van der Waals surface area contributed by atoms with Crippen LogP contribution in [0.5, 0.6) is 0 Å². The first-order valence-electron chi connectivity index (χ1n) is 5.09. The van der Waals surface area contributed by atoms with Crippen LogP contribution in [0, 0.1) is 0 Å². The molecule has 3 nitrogen and oxygen atoms in total. The molecule has 3 heteroatoms. The fraction of sp³-hybridized carbons (Fsp3) is 0.545. The third-order valence-corrected chi connectivity index (χ3v) is 1.98. The Morgan fingerprint density at radius 2 is 2.36 bits per heavy atom. The van der Waals surface area contributed by atoms with Gasteiger partial charge in [0.25, 0.3) is 0 Å². The summed E-state index contributed by atoms with van der Waals surface area (Å²) in [5.41, 5.74) is 1.37. The van der Waals surface area contributed by atoms with Crippen LogP contribution >= 0.6 is 0 Å². The summed E-state index contributed by atoms with van der Waals surface area (Å²) in [6.45, 7) is 7.32. The van der Waals surface area contributed by atoms with Gasteiger partial charge in [-0.15, -0.1) is 0 Å². The predicted octanol–water partition coefficient (Wildman–Crippen LogP) is 1.83. The van der Waals surface area contributed by atoms with Gasteiger partial charge in [-0.2, -0.15) is 0 Å². The van der Waals surface area contributed by atoms with Gasteiger partial charge in [0, 0.05) is 25.5 Å². The number of nitrogens with one attached hydrogen (secondary N) is 1. The van der Waals surface area contributed by atoms with Crippen molar-refractivity contribution in [1.29, 1.82) is 0 Å². The molecule has 14 heavy (non-hydrogen) atoms. The van der Waals surface area contributed by atoms with Gasteiger partial charge < -0.3 is 9.88 Å². The topological polar surface area (TPSA) is 29.9 Å². The van der Waals surface area contributed by atoms with E-state index in [0.29, 0.717) is 0 Å². The first-order chi connectivity index (χ1) is 6.79. The second-order valence-corrected chi connectivity index (χ2v) is 3.64. The van der Waals surface area contributed by atoms with Crippen molar-refractivity contribution in [2.45, 2.75) is 26.8 Å². The van der Waals surface area contributed by atoms with E-state index in [9.17, 15) is 0 Å². The quantitative estimate of drug-likeness (QED) is 0.552. The van der Waals surface area contributed by atoms with Crippen LogP contribution in [-0.2, 0) is 6.54 Å². The van der Waals surface area contributed by atoms with Crippen LogP contribution in [0.3, 0.4) is 0 Å². The molecule has 0 atom stereocenters. The minimum absolute atomic E-state index is 0.978. The van der Waals surface area contributed by atoms with Gasteiger partial charge in [-0.1, -0.05) is 11.6 Å². The minimum Gasteiger partial charge on any atom is -0.337 e. The lowest BCUT2D eigenvalue weighted by Gasteiger charge is -2.02. The van der Waals surface area contributed by atoms with Crippen molar-refractivity contribution in [3.63, 3.8) is 0 Å². The normalized spacial score (nSPS) is 10.1. The van der Waals surface area contributed by atoms with E-state index >= 15 is 0 Å². The van der Waals surface area contributed by atoms with E-state index in [2.05, 4.69) is 34.8 Å². The molecule has 0 aliphatic carbocycles. The number of hydrogen-bond donors (Lipinski definition) is 1. The van der Waals surface area contributed by atoms with Crippen LogP contribution in [0.1, 0.15) is 20.3 Å². The van der Waals surface area contributed by atoms with Crippen molar-refractivity contribution in [3.8, 4) is 0 Å². The number of aryl methyl sites for hydroxylation is 1. The Morgan fingerprint density at radius 1 is 1.50 bits per heavy atom. The molecule has 78 valence electrons. The molecular weight excluding hydrogens is 174 g/mol. The van der Waals surface area contributed by atoms with Crippen molar-refractivity contribution in [2.75, 3.05) is 13.1 Å². The SMILES string of the molecule is CC(C)=CCNCCCn1ccnc1. The molecule has 1 rings (SSSR count). The Bertz CT molecular complexity index is 258. The number of allylic oxidation sites excluding steroid dienone is 1. The van der Waals surface area contributed by atoms with Crippen LogP contribution < -0.4 is 5.32 Å². The third kappa shape index (κ3) is 4.82. The van der Waals surface area contributed by atoms with Crippen LogP contribution in [0.4, 0.5) is 0 Å². The Labute approximate surface area is 85.8 Å². The summed E-state index contributed by atoms with van der Waals surface area (Å²) in [6.07, 6.45) is 9.02. The van der Waals surface area contributed by atoms with Gasteiger partial charge in [0.1, 0.15) is 0 Å². The van der Waals surface area contributed by atoms with Gasteiger partial charge in [0.15, 0.2) is 0 Å². The molecule has 1 N–H and O–H groups in total. The molecule has 0 fully saturated rings. The van der Waals surface area contributed by atoms with E-state index in [1.165, 1.54) is 5.57 Å². The van der Waals surface area contributed by atoms with Gasteiger partial charge in [-0.05, 0) is 26.8 Å². The summed E-state index contributed by atoms with van der Waals surface area (Å²) < 4.78 is 2.10. The van der Waals surface area contributed by atoms with Crippen molar-refractivity contribution in [3.05, 3.63) is 30.4 Å². The third-order valence-electron chi connectivity index (χ3n) is 1.98. The van der Waals surface area contributed by atoms with Crippen LogP contribution in [0.25, 0.3) is 0 Å². The fourth-order valence-electron chi connectivity index (χ4n) is 1.18. The second-order valence-electron chi connectivity index (χ2n) is 3.64. The maximum Gasteiger partial charge on any atom is 0.0945 e. The lowest BCUT2D eigenvalue weighted by molar-refractivity contribution is 0.600. The Kier molecular flexibility index (Phi) is 5.00. The van der Waals surface area contributed by atoms with Gasteiger partial charge in [0.05, 0.1) is 6.33 Å². The molecule has 0 spiro atoms. The number of hydrogen-bond acceptors (Lipinski definition) is 2. The molecule has 0 radical (unpaired) electrons. The highest BCUT2D eigenvalue weighted by Gasteiger charge is 1.89. The molecule has 0 saturated carbocycles. The van der Waals surface area contributed by atoms with E-state index < -0.39 is 0 Å². The van der Waals surface area contributed by atoms with E-state index in [0.717, 1.165) is 26.1 Å². The van der Waals surface area contributed by atoms with Crippen molar-refractivity contribution < 1.29 is 0 Å². The monoisotopic (exact) mass is 193 g/mol. The first kappa shape index (κ1) is 11.0. The fourth-order valence-corrected chi connectivity index (χ4v) is 1.18. The lowest BCUT2D eigenvalue weighted by Crippen LogP contribution is -2.16. The summed E-state index contributed by atoms with van der Waals surface area (Å²) >= 11 is 0. The van der Waals surface area contributed by atoms with Crippen LogP contribution in [0.2, 0.25) is 0 Å².